The molecule has 2 aliphatic rings. The Morgan fingerprint density at radius 1 is 1.00 bits per heavy atom. The van der Waals surface area contributed by atoms with Crippen LogP contribution in [0.3, 0.4) is 0 Å². The molecule has 1 spiro atoms. The summed E-state index contributed by atoms with van der Waals surface area (Å²) in [5, 5.41) is 5.46. The lowest BCUT2D eigenvalue weighted by Crippen LogP contribution is -2.49. The minimum atomic E-state index is -0.710. The summed E-state index contributed by atoms with van der Waals surface area (Å²) in [6.07, 6.45) is 2.29. The van der Waals surface area contributed by atoms with E-state index in [0.717, 1.165) is 6.42 Å². The van der Waals surface area contributed by atoms with E-state index in [-0.39, 0.29) is 11.8 Å². The van der Waals surface area contributed by atoms with Gasteiger partial charge in [0.2, 0.25) is 11.8 Å². The first-order valence-electron chi connectivity index (χ1n) is 4.32. The molecule has 2 aliphatic heterocycles. The first-order chi connectivity index (χ1) is 5.76. The van der Waals surface area contributed by atoms with Gasteiger partial charge in [0.25, 0.3) is 0 Å². The SMILES string of the molecule is O=C1NCCCC12CCNC2=O. The van der Waals surface area contributed by atoms with Crippen LogP contribution in [-0.4, -0.2) is 24.9 Å². The average molecular weight is 168 g/mol. The van der Waals surface area contributed by atoms with Crippen LogP contribution in [0.15, 0.2) is 0 Å². The molecule has 2 heterocycles. The predicted octanol–water partition coefficient (Wildman–Crippen LogP) is -0.597. The highest BCUT2D eigenvalue weighted by Crippen LogP contribution is 2.34. The van der Waals surface area contributed by atoms with Crippen LogP contribution in [0.4, 0.5) is 0 Å². The van der Waals surface area contributed by atoms with Gasteiger partial charge < -0.3 is 10.6 Å². The Kier molecular flexibility index (Phi) is 1.56. The van der Waals surface area contributed by atoms with E-state index in [0.29, 0.717) is 25.9 Å². The Labute approximate surface area is 70.7 Å². The van der Waals surface area contributed by atoms with Gasteiger partial charge in [-0.15, -0.1) is 0 Å². The van der Waals surface area contributed by atoms with E-state index in [1.807, 2.05) is 0 Å². The summed E-state index contributed by atoms with van der Waals surface area (Å²) < 4.78 is 0. The van der Waals surface area contributed by atoms with E-state index in [1.165, 1.54) is 0 Å². The Morgan fingerprint density at radius 2 is 1.67 bits per heavy atom. The number of carbonyl (C=O) groups is 2. The Morgan fingerprint density at radius 3 is 2.17 bits per heavy atom. The molecule has 0 aromatic rings. The van der Waals surface area contributed by atoms with Crippen LogP contribution in [0, 0.1) is 5.41 Å². The molecule has 1 atom stereocenters. The molecule has 66 valence electrons. The zero-order valence-electron chi connectivity index (χ0n) is 6.85. The minimum Gasteiger partial charge on any atom is -0.355 e. The van der Waals surface area contributed by atoms with Gasteiger partial charge in [0.05, 0.1) is 0 Å². The van der Waals surface area contributed by atoms with Crippen molar-refractivity contribution in [1.29, 1.82) is 0 Å². The van der Waals surface area contributed by atoms with Crippen LogP contribution in [0.1, 0.15) is 19.3 Å². The molecule has 1 unspecified atom stereocenters. The summed E-state index contributed by atoms with van der Waals surface area (Å²) in [6, 6.07) is 0. The highest BCUT2D eigenvalue weighted by Gasteiger charge is 2.49. The van der Waals surface area contributed by atoms with Crippen LogP contribution in [0.25, 0.3) is 0 Å². The monoisotopic (exact) mass is 168 g/mol. The first-order valence-corrected chi connectivity index (χ1v) is 4.32. The standard InChI is InChI=1S/C8H12N2O2/c11-6-8(2-1-4-9-6)3-5-10-7(8)12/h1-5H2,(H,9,11)(H,10,12). The summed E-state index contributed by atoms with van der Waals surface area (Å²) in [6.45, 7) is 1.36. The van der Waals surface area contributed by atoms with Gasteiger partial charge in [-0.2, -0.15) is 0 Å². The predicted molar refractivity (Wildman–Crippen MR) is 42.3 cm³/mol. The fraction of sp³-hybridized carbons (Fsp3) is 0.750. The maximum Gasteiger partial charge on any atom is 0.235 e. The molecule has 2 rings (SSSR count). The normalized spacial score (nSPS) is 35.0. The molecular formula is C8H12N2O2. The topological polar surface area (TPSA) is 58.2 Å². The Balaban J connectivity index is 2.27. The van der Waals surface area contributed by atoms with Crippen molar-refractivity contribution in [2.24, 2.45) is 5.41 Å². The summed E-state index contributed by atoms with van der Waals surface area (Å²) in [7, 11) is 0. The van der Waals surface area contributed by atoms with Gasteiger partial charge in [-0.1, -0.05) is 0 Å². The number of nitrogens with one attached hydrogen (secondary N) is 2. The summed E-state index contributed by atoms with van der Waals surface area (Å²) in [5.74, 6) is -0.163. The van der Waals surface area contributed by atoms with Crippen LogP contribution in [-0.2, 0) is 9.59 Å². The van der Waals surface area contributed by atoms with Gasteiger partial charge in [0.15, 0.2) is 0 Å². The molecule has 0 bridgehead atoms. The highest BCUT2D eigenvalue weighted by molar-refractivity contribution is 6.06. The van der Waals surface area contributed by atoms with Crippen molar-refractivity contribution in [2.75, 3.05) is 13.1 Å². The van der Waals surface area contributed by atoms with Gasteiger partial charge >= 0.3 is 0 Å². The molecule has 4 nitrogen and oxygen atoms in total. The molecule has 0 aromatic heterocycles. The molecule has 0 radical (unpaired) electrons. The zero-order valence-corrected chi connectivity index (χ0v) is 6.85. The molecule has 4 heteroatoms. The quantitative estimate of drug-likeness (QED) is 0.475. The fourth-order valence-electron chi connectivity index (χ4n) is 2.00. The molecule has 12 heavy (non-hydrogen) atoms. The fourth-order valence-corrected chi connectivity index (χ4v) is 2.00. The van der Waals surface area contributed by atoms with E-state index in [4.69, 9.17) is 0 Å². The van der Waals surface area contributed by atoms with Crippen LogP contribution in [0.5, 0.6) is 0 Å². The largest absolute Gasteiger partial charge is 0.355 e. The lowest BCUT2D eigenvalue weighted by molar-refractivity contribution is -0.143. The number of hydrogen-bond donors (Lipinski definition) is 2. The van der Waals surface area contributed by atoms with Crippen molar-refractivity contribution in [3.63, 3.8) is 0 Å². The molecule has 2 fully saturated rings. The third-order valence-electron chi connectivity index (χ3n) is 2.77. The van der Waals surface area contributed by atoms with Crippen molar-refractivity contribution >= 4 is 11.8 Å². The van der Waals surface area contributed by atoms with Crippen molar-refractivity contribution in [2.45, 2.75) is 19.3 Å². The summed E-state index contributed by atoms with van der Waals surface area (Å²) in [5.41, 5.74) is -0.710. The second-order valence-corrected chi connectivity index (χ2v) is 3.45. The third kappa shape index (κ3) is 0.838. The third-order valence-corrected chi connectivity index (χ3v) is 2.77. The first kappa shape index (κ1) is 7.58. The number of carbonyl (C=O) groups excluding carboxylic acids is 2. The second-order valence-electron chi connectivity index (χ2n) is 3.45. The van der Waals surface area contributed by atoms with Gasteiger partial charge in [0, 0.05) is 13.1 Å². The maximum atomic E-state index is 11.5. The van der Waals surface area contributed by atoms with E-state index in [2.05, 4.69) is 10.6 Å². The molecule has 2 amide bonds. The summed E-state index contributed by atoms with van der Waals surface area (Å²) in [4.78, 5) is 22.8. The van der Waals surface area contributed by atoms with Gasteiger partial charge in [-0.3, -0.25) is 9.59 Å². The molecular weight excluding hydrogens is 156 g/mol. The van der Waals surface area contributed by atoms with E-state index < -0.39 is 5.41 Å². The van der Waals surface area contributed by atoms with Crippen molar-refractivity contribution in [3.8, 4) is 0 Å². The van der Waals surface area contributed by atoms with Gasteiger partial charge in [0.1, 0.15) is 5.41 Å². The van der Waals surface area contributed by atoms with E-state index in [1.54, 1.807) is 0 Å². The lowest BCUT2D eigenvalue weighted by Gasteiger charge is -2.29. The summed E-state index contributed by atoms with van der Waals surface area (Å²) >= 11 is 0. The molecule has 0 aliphatic carbocycles. The molecule has 0 aromatic carbocycles. The van der Waals surface area contributed by atoms with Crippen LogP contribution in [0.2, 0.25) is 0 Å². The Bertz CT molecular complexity index is 239. The Hall–Kier alpha value is -1.06. The van der Waals surface area contributed by atoms with Gasteiger partial charge in [-0.25, -0.2) is 0 Å². The number of piperidine rings is 1. The van der Waals surface area contributed by atoms with E-state index >= 15 is 0 Å². The maximum absolute atomic E-state index is 11.5. The van der Waals surface area contributed by atoms with E-state index in [9.17, 15) is 9.59 Å². The van der Waals surface area contributed by atoms with Gasteiger partial charge in [-0.05, 0) is 19.3 Å². The second kappa shape index (κ2) is 2.47. The van der Waals surface area contributed by atoms with Crippen molar-refractivity contribution in [3.05, 3.63) is 0 Å². The highest BCUT2D eigenvalue weighted by atomic mass is 16.2. The minimum absolute atomic E-state index is 0.0799. The van der Waals surface area contributed by atoms with Crippen molar-refractivity contribution < 1.29 is 9.59 Å². The average Bonchev–Trinajstić information content (AvgIpc) is 2.41. The lowest BCUT2D eigenvalue weighted by atomic mass is 9.78. The zero-order chi connectivity index (χ0) is 8.60. The molecule has 2 saturated heterocycles. The number of amides is 2. The smallest absolute Gasteiger partial charge is 0.235 e. The molecule has 0 saturated carbocycles. The molecule has 2 N–H and O–H groups in total. The number of rotatable bonds is 0. The van der Waals surface area contributed by atoms with Crippen LogP contribution >= 0.6 is 0 Å². The van der Waals surface area contributed by atoms with Crippen molar-refractivity contribution in [1.82, 2.24) is 10.6 Å². The number of hydrogen-bond acceptors (Lipinski definition) is 2. The van der Waals surface area contributed by atoms with Crippen LogP contribution < -0.4 is 10.6 Å².